The second-order valence-electron chi connectivity index (χ2n) is 4.83. The van der Waals surface area contributed by atoms with Crippen LogP contribution in [-0.4, -0.2) is 23.2 Å². The fourth-order valence-corrected chi connectivity index (χ4v) is 2.94. The van der Waals surface area contributed by atoms with Crippen molar-refractivity contribution in [2.24, 2.45) is 0 Å². The molecule has 4 heteroatoms. The average molecular weight is 253 g/mol. The van der Waals surface area contributed by atoms with Crippen molar-refractivity contribution < 1.29 is 9.90 Å². The summed E-state index contributed by atoms with van der Waals surface area (Å²) in [6, 6.07) is 1.80. The fourth-order valence-electron chi connectivity index (χ4n) is 2.30. The Morgan fingerprint density at radius 2 is 2.06 bits per heavy atom. The molecule has 1 saturated carbocycles. The topological polar surface area (TPSA) is 49.3 Å². The molecule has 1 amide bonds. The molecule has 1 aliphatic carbocycles. The highest BCUT2D eigenvalue weighted by molar-refractivity contribution is 7.08. The second kappa shape index (κ2) is 5.65. The van der Waals surface area contributed by atoms with E-state index in [1.165, 1.54) is 24.2 Å². The van der Waals surface area contributed by atoms with Crippen LogP contribution in [0.3, 0.4) is 0 Å². The standard InChI is InChI=1S/C13H19NO2S/c15-12(11-5-8-17-9-11)14-10-13(16)6-3-1-2-4-7-13/h5,8-9,16H,1-4,6-7,10H2,(H,14,15). The van der Waals surface area contributed by atoms with Crippen molar-refractivity contribution in [2.45, 2.75) is 44.1 Å². The number of carbonyl (C=O) groups is 1. The zero-order chi connectivity index (χ0) is 12.1. The van der Waals surface area contributed by atoms with Gasteiger partial charge in [0.05, 0.1) is 5.60 Å². The van der Waals surface area contributed by atoms with E-state index in [4.69, 9.17) is 0 Å². The molecule has 94 valence electrons. The Morgan fingerprint density at radius 3 is 2.65 bits per heavy atom. The van der Waals surface area contributed by atoms with Gasteiger partial charge < -0.3 is 10.4 Å². The van der Waals surface area contributed by atoms with Crippen LogP contribution >= 0.6 is 11.3 Å². The van der Waals surface area contributed by atoms with Crippen LogP contribution < -0.4 is 5.32 Å². The molecule has 1 heterocycles. The Labute approximate surface area is 106 Å². The summed E-state index contributed by atoms with van der Waals surface area (Å²) >= 11 is 1.51. The van der Waals surface area contributed by atoms with Crippen molar-refractivity contribution in [1.82, 2.24) is 5.32 Å². The molecule has 0 unspecified atom stereocenters. The molecule has 0 spiro atoms. The summed E-state index contributed by atoms with van der Waals surface area (Å²) in [4.78, 5) is 11.8. The number of nitrogens with one attached hydrogen (secondary N) is 1. The van der Waals surface area contributed by atoms with Gasteiger partial charge in [0.15, 0.2) is 0 Å². The second-order valence-corrected chi connectivity index (χ2v) is 5.61. The van der Waals surface area contributed by atoms with E-state index in [9.17, 15) is 9.90 Å². The highest BCUT2D eigenvalue weighted by atomic mass is 32.1. The molecular formula is C13H19NO2S. The molecule has 2 rings (SSSR count). The zero-order valence-electron chi connectivity index (χ0n) is 9.95. The normalized spacial score (nSPS) is 19.6. The Morgan fingerprint density at radius 1 is 1.35 bits per heavy atom. The van der Waals surface area contributed by atoms with Crippen LogP contribution in [-0.2, 0) is 0 Å². The number of hydrogen-bond acceptors (Lipinski definition) is 3. The summed E-state index contributed by atoms with van der Waals surface area (Å²) in [5, 5.41) is 16.9. The number of amides is 1. The van der Waals surface area contributed by atoms with Gasteiger partial charge in [0.2, 0.25) is 0 Å². The monoisotopic (exact) mass is 253 g/mol. The van der Waals surface area contributed by atoms with Gasteiger partial charge in [-0.2, -0.15) is 11.3 Å². The molecule has 0 radical (unpaired) electrons. The molecule has 3 nitrogen and oxygen atoms in total. The summed E-state index contributed by atoms with van der Waals surface area (Å²) < 4.78 is 0. The third-order valence-corrected chi connectivity index (χ3v) is 4.08. The maximum atomic E-state index is 11.8. The summed E-state index contributed by atoms with van der Waals surface area (Å²) in [6.45, 7) is 0.377. The smallest absolute Gasteiger partial charge is 0.252 e. The summed E-state index contributed by atoms with van der Waals surface area (Å²) in [6.07, 6.45) is 6.12. The van der Waals surface area contributed by atoms with E-state index in [0.717, 1.165) is 25.7 Å². The van der Waals surface area contributed by atoms with Gasteiger partial charge in [0, 0.05) is 17.5 Å². The van der Waals surface area contributed by atoms with E-state index in [1.54, 1.807) is 6.07 Å². The van der Waals surface area contributed by atoms with Crippen LogP contribution in [0, 0.1) is 0 Å². The van der Waals surface area contributed by atoms with Crippen LogP contribution in [0.2, 0.25) is 0 Å². The van der Waals surface area contributed by atoms with Gasteiger partial charge in [-0.05, 0) is 24.3 Å². The minimum absolute atomic E-state index is 0.0797. The van der Waals surface area contributed by atoms with Crippen LogP contribution in [0.4, 0.5) is 0 Å². The first-order chi connectivity index (χ1) is 8.20. The van der Waals surface area contributed by atoms with Crippen LogP contribution in [0.15, 0.2) is 16.8 Å². The third-order valence-electron chi connectivity index (χ3n) is 3.40. The van der Waals surface area contributed by atoms with E-state index in [0.29, 0.717) is 12.1 Å². The summed E-state index contributed by atoms with van der Waals surface area (Å²) in [7, 11) is 0. The Kier molecular flexibility index (Phi) is 4.18. The highest BCUT2D eigenvalue weighted by Gasteiger charge is 2.28. The fraction of sp³-hybridized carbons (Fsp3) is 0.615. The van der Waals surface area contributed by atoms with Gasteiger partial charge in [-0.3, -0.25) is 4.79 Å². The van der Waals surface area contributed by atoms with Gasteiger partial charge in [0.25, 0.3) is 5.91 Å². The molecule has 17 heavy (non-hydrogen) atoms. The lowest BCUT2D eigenvalue weighted by atomic mass is 9.94. The Hall–Kier alpha value is -0.870. The molecule has 0 atom stereocenters. The Balaban J connectivity index is 1.86. The maximum absolute atomic E-state index is 11.8. The number of hydrogen-bond donors (Lipinski definition) is 2. The zero-order valence-corrected chi connectivity index (χ0v) is 10.8. The minimum atomic E-state index is -0.692. The predicted molar refractivity (Wildman–Crippen MR) is 69.3 cm³/mol. The van der Waals surface area contributed by atoms with Gasteiger partial charge in [-0.1, -0.05) is 25.7 Å². The van der Waals surface area contributed by atoms with Crippen LogP contribution in [0.1, 0.15) is 48.9 Å². The third kappa shape index (κ3) is 3.54. The van der Waals surface area contributed by atoms with Gasteiger partial charge in [-0.25, -0.2) is 0 Å². The predicted octanol–water partition coefficient (Wildman–Crippen LogP) is 2.56. The first-order valence-electron chi connectivity index (χ1n) is 6.22. The maximum Gasteiger partial charge on any atom is 0.252 e. The van der Waals surface area contributed by atoms with E-state index >= 15 is 0 Å². The first kappa shape index (κ1) is 12.6. The van der Waals surface area contributed by atoms with E-state index in [2.05, 4.69) is 5.32 Å². The number of rotatable bonds is 3. The average Bonchev–Trinajstić information content (AvgIpc) is 2.77. The SMILES string of the molecule is O=C(NCC1(O)CCCCCC1)c1ccsc1. The van der Waals surface area contributed by atoms with E-state index in [-0.39, 0.29) is 5.91 Å². The molecule has 1 aromatic heterocycles. The van der Waals surface area contributed by atoms with Gasteiger partial charge in [0.1, 0.15) is 0 Å². The molecule has 1 aliphatic rings. The van der Waals surface area contributed by atoms with Crippen molar-refractivity contribution in [3.8, 4) is 0 Å². The number of carbonyl (C=O) groups excluding carboxylic acids is 1. The molecule has 2 N–H and O–H groups in total. The van der Waals surface area contributed by atoms with E-state index in [1.807, 2.05) is 10.8 Å². The largest absolute Gasteiger partial charge is 0.388 e. The van der Waals surface area contributed by atoms with Crippen molar-refractivity contribution in [3.63, 3.8) is 0 Å². The lowest BCUT2D eigenvalue weighted by Crippen LogP contribution is -2.42. The summed E-state index contributed by atoms with van der Waals surface area (Å²) in [5.74, 6) is -0.0797. The number of thiophene rings is 1. The van der Waals surface area contributed by atoms with Crippen molar-refractivity contribution in [2.75, 3.05) is 6.54 Å². The van der Waals surface area contributed by atoms with Gasteiger partial charge in [-0.15, -0.1) is 0 Å². The summed E-state index contributed by atoms with van der Waals surface area (Å²) in [5.41, 5.74) is -0.00504. The molecule has 0 aromatic carbocycles. The molecule has 0 aliphatic heterocycles. The quantitative estimate of drug-likeness (QED) is 0.813. The van der Waals surface area contributed by atoms with Crippen molar-refractivity contribution in [1.29, 1.82) is 0 Å². The molecular weight excluding hydrogens is 234 g/mol. The van der Waals surface area contributed by atoms with Gasteiger partial charge >= 0.3 is 0 Å². The minimum Gasteiger partial charge on any atom is -0.388 e. The first-order valence-corrected chi connectivity index (χ1v) is 7.17. The molecule has 1 aromatic rings. The lowest BCUT2D eigenvalue weighted by Gasteiger charge is -2.26. The van der Waals surface area contributed by atoms with Crippen molar-refractivity contribution >= 4 is 17.2 Å². The Bertz CT molecular complexity index is 354. The van der Waals surface area contributed by atoms with Crippen molar-refractivity contribution in [3.05, 3.63) is 22.4 Å². The van der Waals surface area contributed by atoms with Crippen LogP contribution in [0.5, 0.6) is 0 Å². The van der Waals surface area contributed by atoms with Crippen LogP contribution in [0.25, 0.3) is 0 Å². The molecule has 0 saturated heterocycles. The molecule has 0 bridgehead atoms. The van der Waals surface area contributed by atoms with E-state index < -0.39 is 5.60 Å². The lowest BCUT2D eigenvalue weighted by molar-refractivity contribution is 0.0246. The highest BCUT2D eigenvalue weighted by Crippen LogP contribution is 2.26. The number of aliphatic hydroxyl groups is 1. The molecule has 1 fully saturated rings.